The fourth-order valence-electron chi connectivity index (χ4n) is 2.43. The molecule has 6 heteroatoms. The first kappa shape index (κ1) is 14.8. The number of nitrogens with zero attached hydrogens (tertiary/aromatic N) is 1. The molecular formula is C16H19N3O2S. The number of benzene rings is 1. The normalized spacial score (nSPS) is 19.4. The van der Waals surface area contributed by atoms with Gasteiger partial charge in [-0.1, -0.05) is 18.2 Å². The van der Waals surface area contributed by atoms with Gasteiger partial charge in [0.2, 0.25) is 6.79 Å². The van der Waals surface area contributed by atoms with Crippen LogP contribution < -0.4 is 20.2 Å². The van der Waals surface area contributed by atoms with Crippen LogP contribution in [-0.4, -0.2) is 18.1 Å². The van der Waals surface area contributed by atoms with E-state index in [-0.39, 0.29) is 6.79 Å². The molecule has 0 radical (unpaired) electrons. The summed E-state index contributed by atoms with van der Waals surface area (Å²) < 4.78 is 10.6. The number of hydrazone groups is 1. The minimum absolute atomic E-state index is 0.289. The van der Waals surface area contributed by atoms with Crippen molar-refractivity contribution < 1.29 is 9.47 Å². The predicted octanol–water partition coefficient (Wildman–Crippen LogP) is 2.72. The Morgan fingerprint density at radius 3 is 3.09 bits per heavy atom. The van der Waals surface area contributed by atoms with Crippen LogP contribution in [0.25, 0.3) is 0 Å². The summed E-state index contributed by atoms with van der Waals surface area (Å²) in [4.78, 5) is 0. The summed E-state index contributed by atoms with van der Waals surface area (Å²) in [6.45, 7) is 0.904. The van der Waals surface area contributed by atoms with Gasteiger partial charge in [0.25, 0.3) is 0 Å². The van der Waals surface area contributed by atoms with E-state index in [4.69, 9.17) is 21.7 Å². The minimum atomic E-state index is 0.289. The predicted molar refractivity (Wildman–Crippen MR) is 90.1 cm³/mol. The van der Waals surface area contributed by atoms with Crippen molar-refractivity contribution in [2.45, 2.75) is 25.8 Å². The summed E-state index contributed by atoms with van der Waals surface area (Å²) in [5.41, 5.74) is 3.94. The zero-order valence-corrected chi connectivity index (χ0v) is 13.1. The Balaban J connectivity index is 1.42. The summed E-state index contributed by atoms with van der Waals surface area (Å²) in [6, 6.07) is 5.85. The number of ether oxygens (including phenoxy) is 2. The van der Waals surface area contributed by atoms with E-state index in [9.17, 15) is 0 Å². The number of allylic oxidation sites excluding steroid dienone is 2. The van der Waals surface area contributed by atoms with Crippen LogP contribution in [-0.2, 0) is 6.54 Å². The molecule has 22 heavy (non-hydrogen) atoms. The first-order valence-corrected chi connectivity index (χ1v) is 7.82. The molecule has 1 aliphatic heterocycles. The fraction of sp³-hybridized carbons (Fsp3) is 0.375. The molecule has 2 aliphatic rings. The highest BCUT2D eigenvalue weighted by Crippen LogP contribution is 2.32. The quantitative estimate of drug-likeness (QED) is 0.387. The maximum atomic E-state index is 5.35. The molecular weight excluding hydrogens is 298 g/mol. The lowest BCUT2D eigenvalue weighted by Crippen LogP contribution is -2.31. The minimum Gasteiger partial charge on any atom is -0.454 e. The van der Waals surface area contributed by atoms with Crippen molar-refractivity contribution in [1.29, 1.82) is 0 Å². The number of hydrogen-bond acceptors (Lipinski definition) is 4. The molecule has 116 valence electrons. The second-order valence-electron chi connectivity index (χ2n) is 5.30. The van der Waals surface area contributed by atoms with E-state index in [0.29, 0.717) is 17.6 Å². The molecule has 2 N–H and O–H groups in total. The molecule has 0 saturated carbocycles. The Labute approximate surface area is 135 Å². The van der Waals surface area contributed by atoms with Crippen molar-refractivity contribution >= 4 is 23.5 Å². The van der Waals surface area contributed by atoms with Crippen LogP contribution >= 0.6 is 12.2 Å². The average Bonchev–Trinajstić information content (AvgIpc) is 3.01. The molecule has 1 heterocycles. The lowest BCUT2D eigenvalue weighted by Gasteiger charge is -2.12. The topological polar surface area (TPSA) is 54.9 Å². The van der Waals surface area contributed by atoms with E-state index in [2.05, 4.69) is 28.0 Å². The van der Waals surface area contributed by atoms with E-state index < -0.39 is 0 Å². The molecule has 0 unspecified atom stereocenters. The summed E-state index contributed by atoms with van der Waals surface area (Å²) in [6.07, 6.45) is 9.70. The van der Waals surface area contributed by atoms with E-state index in [1.54, 1.807) is 0 Å². The Kier molecular flexibility index (Phi) is 4.90. The molecule has 0 amide bonds. The molecule has 0 fully saturated rings. The lowest BCUT2D eigenvalue weighted by molar-refractivity contribution is 0.174. The van der Waals surface area contributed by atoms with Gasteiger partial charge in [-0.05, 0) is 55.1 Å². The van der Waals surface area contributed by atoms with Crippen LogP contribution in [0.3, 0.4) is 0 Å². The van der Waals surface area contributed by atoms with Gasteiger partial charge in [-0.25, -0.2) is 0 Å². The molecule has 0 bridgehead atoms. The van der Waals surface area contributed by atoms with Crippen LogP contribution in [0.5, 0.6) is 11.5 Å². The molecule has 5 nitrogen and oxygen atoms in total. The highest BCUT2D eigenvalue weighted by molar-refractivity contribution is 7.80. The van der Waals surface area contributed by atoms with Crippen molar-refractivity contribution in [2.24, 2.45) is 11.0 Å². The van der Waals surface area contributed by atoms with Gasteiger partial charge in [0.15, 0.2) is 16.6 Å². The zero-order valence-electron chi connectivity index (χ0n) is 12.2. The third-order valence-corrected chi connectivity index (χ3v) is 3.89. The Morgan fingerprint density at radius 1 is 1.32 bits per heavy atom. The number of hydrogen-bond donors (Lipinski definition) is 2. The number of nitrogens with one attached hydrogen (secondary N) is 2. The smallest absolute Gasteiger partial charge is 0.231 e. The molecule has 0 aromatic heterocycles. The summed E-state index contributed by atoms with van der Waals surface area (Å²) >= 11 is 5.21. The number of rotatable bonds is 4. The van der Waals surface area contributed by atoms with Crippen molar-refractivity contribution in [3.8, 4) is 11.5 Å². The van der Waals surface area contributed by atoms with Crippen LogP contribution in [0.2, 0.25) is 0 Å². The SMILES string of the molecule is S=C(NCc1ccc2c(c1)OCO2)N/N=C\[C@@H]1CC=CCC1. The maximum Gasteiger partial charge on any atom is 0.231 e. The third-order valence-electron chi connectivity index (χ3n) is 3.65. The highest BCUT2D eigenvalue weighted by atomic mass is 32.1. The first-order chi connectivity index (χ1) is 10.8. The molecule has 0 saturated heterocycles. The van der Waals surface area contributed by atoms with Gasteiger partial charge in [-0.2, -0.15) is 5.10 Å². The van der Waals surface area contributed by atoms with Crippen molar-refractivity contribution in [1.82, 2.24) is 10.7 Å². The van der Waals surface area contributed by atoms with Gasteiger partial charge in [-0.15, -0.1) is 0 Å². The largest absolute Gasteiger partial charge is 0.454 e. The molecule has 0 spiro atoms. The van der Waals surface area contributed by atoms with Gasteiger partial charge in [0.1, 0.15) is 0 Å². The molecule has 1 aromatic carbocycles. The van der Waals surface area contributed by atoms with Gasteiger partial charge in [-0.3, -0.25) is 5.43 Å². The van der Waals surface area contributed by atoms with E-state index >= 15 is 0 Å². The summed E-state index contributed by atoms with van der Waals surface area (Å²) in [5.74, 6) is 2.08. The Bertz CT molecular complexity index is 601. The van der Waals surface area contributed by atoms with Crippen LogP contribution in [0.15, 0.2) is 35.5 Å². The van der Waals surface area contributed by atoms with Crippen molar-refractivity contribution in [3.63, 3.8) is 0 Å². The first-order valence-electron chi connectivity index (χ1n) is 7.42. The van der Waals surface area contributed by atoms with E-state index in [1.807, 2.05) is 24.4 Å². The fourth-order valence-corrected chi connectivity index (χ4v) is 2.55. The maximum absolute atomic E-state index is 5.35. The van der Waals surface area contributed by atoms with Crippen LogP contribution in [0, 0.1) is 5.92 Å². The standard InChI is InChI=1S/C16H19N3O2S/c22-16(19-18-10-12-4-2-1-3-5-12)17-9-13-6-7-14-15(8-13)21-11-20-14/h1-2,6-8,10,12H,3-5,9,11H2,(H2,17,19,22)/b18-10-/t12-/m1/s1. The molecule has 1 aliphatic carbocycles. The third kappa shape index (κ3) is 3.98. The van der Waals surface area contributed by atoms with Crippen molar-refractivity contribution in [3.05, 3.63) is 35.9 Å². The van der Waals surface area contributed by atoms with Crippen molar-refractivity contribution in [2.75, 3.05) is 6.79 Å². The number of thiocarbonyl (C=S) groups is 1. The van der Waals surface area contributed by atoms with Gasteiger partial charge >= 0.3 is 0 Å². The molecule has 1 aromatic rings. The van der Waals surface area contributed by atoms with Gasteiger partial charge in [0, 0.05) is 12.8 Å². The second-order valence-corrected chi connectivity index (χ2v) is 5.71. The molecule has 3 rings (SSSR count). The van der Waals surface area contributed by atoms with Crippen LogP contribution in [0.4, 0.5) is 0 Å². The average molecular weight is 317 g/mol. The highest BCUT2D eigenvalue weighted by Gasteiger charge is 2.13. The lowest BCUT2D eigenvalue weighted by atomic mass is 9.96. The summed E-state index contributed by atoms with van der Waals surface area (Å²) in [5, 5.41) is 7.85. The van der Waals surface area contributed by atoms with Crippen LogP contribution in [0.1, 0.15) is 24.8 Å². The number of fused-ring (bicyclic) bond motifs is 1. The van der Waals surface area contributed by atoms with E-state index in [0.717, 1.165) is 36.3 Å². The van der Waals surface area contributed by atoms with E-state index in [1.165, 1.54) is 0 Å². The second kappa shape index (κ2) is 7.26. The Morgan fingerprint density at radius 2 is 2.23 bits per heavy atom. The zero-order chi connectivity index (χ0) is 15.2. The monoisotopic (exact) mass is 317 g/mol. The molecule has 1 atom stereocenters. The van der Waals surface area contributed by atoms with Gasteiger partial charge < -0.3 is 14.8 Å². The Hall–Kier alpha value is -2.08. The summed E-state index contributed by atoms with van der Waals surface area (Å²) in [7, 11) is 0. The van der Waals surface area contributed by atoms with Gasteiger partial charge in [0.05, 0.1) is 0 Å².